The van der Waals surface area contributed by atoms with Crippen molar-refractivity contribution in [3.63, 3.8) is 0 Å². The van der Waals surface area contributed by atoms with Crippen molar-refractivity contribution in [1.29, 1.82) is 0 Å². The summed E-state index contributed by atoms with van der Waals surface area (Å²) in [5.41, 5.74) is 2.03. The molecule has 0 bridgehead atoms. The van der Waals surface area contributed by atoms with Crippen LogP contribution >= 0.6 is 0 Å². The number of ether oxygens (including phenoxy) is 1. The number of benzene rings is 1. The van der Waals surface area contributed by atoms with E-state index >= 15 is 0 Å². The Morgan fingerprint density at radius 1 is 1.23 bits per heavy atom. The molecule has 0 aliphatic rings. The minimum absolute atomic E-state index is 0.704. The molecule has 0 aliphatic heterocycles. The van der Waals surface area contributed by atoms with Gasteiger partial charge in [0, 0.05) is 5.71 Å². The van der Waals surface area contributed by atoms with Crippen LogP contribution in [0.15, 0.2) is 29.3 Å². The van der Waals surface area contributed by atoms with Crippen molar-refractivity contribution < 1.29 is 4.74 Å². The molecule has 0 atom stereocenters. The molecule has 0 N–H and O–H groups in total. The van der Waals surface area contributed by atoms with Gasteiger partial charge in [0.1, 0.15) is 5.75 Å². The maximum Gasteiger partial charge on any atom is 0.119 e. The molecule has 0 fully saturated rings. The van der Waals surface area contributed by atoms with Crippen molar-refractivity contribution in [3.8, 4) is 5.75 Å². The highest BCUT2D eigenvalue weighted by Crippen LogP contribution is 2.17. The molecule has 1 aromatic carbocycles. The first-order chi connectivity index (χ1) is 6.22. The smallest absolute Gasteiger partial charge is 0.119 e. The van der Waals surface area contributed by atoms with Crippen molar-refractivity contribution >= 4 is 11.4 Å². The van der Waals surface area contributed by atoms with E-state index in [2.05, 4.69) is 4.99 Å². The summed E-state index contributed by atoms with van der Waals surface area (Å²) in [5.74, 6) is 0.898. The fraction of sp³-hybridized carbons (Fsp3) is 0.364. The Balaban J connectivity index is 2.75. The molecule has 1 aromatic rings. The molecule has 13 heavy (non-hydrogen) atoms. The van der Waals surface area contributed by atoms with Crippen molar-refractivity contribution in [2.45, 2.75) is 20.8 Å². The molecule has 0 radical (unpaired) electrons. The SMILES string of the molecule is CCOc1ccc(N=C(C)C)cc1. The highest BCUT2D eigenvalue weighted by molar-refractivity contribution is 5.82. The van der Waals surface area contributed by atoms with Crippen LogP contribution in [0, 0.1) is 0 Å². The zero-order valence-corrected chi connectivity index (χ0v) is 8.37. The standard InChI is InChI=1S/C11H15NO/c1-4-13-11-7-5-10(6-8-11)12-9(2)3/h5-8H,4H2,1-3H3. The van der Waals surface area contributed by atoms with Crippen LogP contribution in [0.25, 0.3) is 0 Å². The van der Waals surface area contributed by atoms with E-state index in [-0.39, 0.29) is 0 Å². The molecule has 0 heterocycles. The molecule has 2 heteroatoms. The van der Waals surface area contributed by atoms with Crippen molar-refractivity contribution in [1.82, 2.24) is 0 Å². The predicted octanol–water partition coefficient (Wildman–Crippen LogP) is 3.20. The lowest BCUT2D eigenvalue weighted by molar-refractivity contribution is 0.340. The highest BCUT2D eigenvalue weighted by Gasteiger charge is 1.92. The molecule has 0 unspecified atom stereocenters. The van der Waals surface area contributed by atoms with Gasteiger partial charge in [0.25, 0.3) is 0 Å². The minimum atomic E-state index is 0.704. The maximum absolute atomic E-state index is 5.32. The summed E-state index contributed by atoms with van der Waals surface area (Å²) in [5, 5.41) is 0. The Morgan fingerprint density at radius 3 is 2.31 bits per heavy atom. The average molecular weight is 177 g/mol. The molecule has 0 saturated heterocycles. The fourth-order valence-corrected chi connectivity index (χ4v) is 1.04. The van der Waals surface area contributed by atoms with Gasteiger partial charge in [0.05, 0.1) is 12.3 Å². The van der Waals surface area contributed by atoms with Crippen LogP contribution < -0.4 is 4.74 Å². The summed E-state index contributed by atoms with van der Waals surface area (Å²) in [6.07, 6.45) is 0. The Hall–Kier alpha value is -1.31. The van der Waals surface area contributed by atoms with E-state index in [9.17, 15) is 0 Å². The van der Waals surface area contributed by atoms with Crippen LogP contribution in [0.5, 0.6) is 5.75 Å². The second kappa shape index (κ2) is 4.65. The molecule has 70 valence electrons. The van der Waals surface area contributed by atoms with Crippen molar-refractivity contribution in [2.24, 2.45) is 4.99 Å². The number of nitrogens with zero attached hydrogens (tertiary/aromatic N) is 1. The van der Waals surface area contributed by atoms with Gasteiger partial charge in [0.2, 0.25) is 0 Å². The van der Waals surface area contributed by atoms with Crippen LogP contribution in [-0.2, 0) is 0 Å². The Morgan fingerprint density at radius 2 is 1.85 bits per heavy atom. The summed E-state index contributed by atoms with van der Waals surface area (Å²) in [7, 11) is 0. The molecule has 0 saturated carbocycles. The van der Waals surface area contributed by atoms with Gasteiger partial charge in [-0.05, 0) is 45.0 Å². The van der Waals surface area contributed by atoms with Crippen LogP contribution in [0.3, 0.4) is 0 Å². The van der Waals surface area contributed by atoms with E-state index in [0.29, 0.717) is 6.61 Å². The second-order valence-electron chi connectivity index (χ2n) is 2.99. The summed E-state index contributed by atoms with van der Waals surface area (Å²) < 4.78 is 5.32. The Labute approximate surface area is 79.3 Å². The van der Waals surface area contributed by atoms with E-state index in [1.165, 1.54) is 0 Å². The van der Waals surface area contributed by atoms with E-state index < -0.39 is 0 Å². The monoisotopic (exact) mass is 177 g/mol. The van der Waals surface area contributed by atoms with Gasteiger partial charge in [-0.1, -0.05) is 0 Å². The molecule has 0 aliphatic carbocycles. The van der Waals surface area contributed by atoms with E-state index in [4.69, 9.17) is 4.74 Å². The lowest BCUT2D eigenvalue weighted by Crippen LogP contribution is -1.89. The summed E-state index contributed by atoms with van der Waals surface area (Å²) in [6, 6.07) is 7.78. The lowest BCUT2D eigenvalue weighted by atomic mass is 10.3. The first-order valence-electron chi connectivity index (χ1n) is 4.47. The first-order valence-corrected chi connectivity index (χ1v) is 4.47. The molecule has 1 rings (SSSR count). The highest BCUT2D eigenvalue weighted by atomic mass is 16.5. The summed E-state index contributed by atoms with van der Waals surface area (Å²) in [6.45, 7) is 6.64. The second-order valence-corrected chi connectivity index (χ2v) is 2.99. The summed E-state index contributed by atoms with van der Waals surface area (Å²) in [4.78, 5) is 4.32. The third kappa shape index (κ3) is 3.28. The molecule has 0 spiro atoms. The Kier molecular flexibility index (Phi) is 3.50. The van der Waals surface area contributed by atoms with Gasteiger partial charge in [-0.25, -0.2) is 0 Å². The molecular weight excluding hydrogens is 162 g/mol. The lowest BCUT2D eigenvalue weighted by Gasteiger charge is -2.02. The van der Waals surface area contributed by atoms with E-state index in [0.717, 1.165) is 17.1 Å². The minimum Gasteiger partial charge on any atom is -0.494 e. The molecule has 0 amide bonds. The zero-order valence-electron chi connectivity index (χ0n) is 8.37. The maximum atomic E-state index is 5.32. The van der Waals surface area contributed by atoms with Crippen LogP contribution in [0.1, 0.15) is 20.8 Å². The molecular formula is C11H15NO. The fourth-order valence-electron chi connectivity index (χ4n) is 1.04. The average Bonchev–Trinajstić information content (AvgIpc) is 2.08. The van der Waals surface area contributed by atoms with Gasteiger partial charge in [-0.3, -0.25) is 4.99 Å². The first kappa shape index (κ1) is 9.78. The number of hydrogen-bond acceptors (Lipinski definition) is 2. The number of rotatable bonds is 3. The third-order valence-electron chi connectivity index (χ3n) is 1.50. The Bertz CT molecular complexity index is 283. The van der Waals surface area contributed by atoms with Crippen LogP contribution in [-0.4, -0.2) is 12.3 Å². The molecule has 0 aromatic heterocycles. The van der Waals surface area contributed by atoms with Gasteiger partial charge in [0.15, 0.2) is 0 Å². The van der Waals surface area contributed by atoms with Crippen LogP contribution in [0.4, 0.5) is 5.69 Å². The van der Waals surface area contributed by atoms with Crippen molar-refractivity contribution in [3.05, 3.63) is 24.3 Å². The predicted molar refractivity (Wildman–Crippen MR) is 56.1 cm³/mol. The zero-order chi connectivity index (χ0) is 9.68. The molecule has 2 nitrogen and oxygen atoms in total. The van der Waals surface area contributed by atoms with E-state index in [1.54, 1.807) is 0 Å². The van der Waals surface area contributed by atoms with Gasteiger partial charge in [-0.2, -0.15) is 0 Å². The van der Waals surface area contributed by atoms with Gasteiger partial charge >= 0.3 is 0 Å². The van der Waals surface area contributed by atoms with E-state index in [1.807, 2.05) is 45.0 Å². The van der Waals surface area contributed by atoms with Crippen molar-refractivity contribution in [2.75, 3.05) is 6.61 Å². The van der Waals surface area contributed by atoms with Gasteiger partial charge < -0.3 is 4.74 Å². The topological polar surface area (TPSA) is 21.6 Å². The number of aliphatic imine (C=N–C) groups is 1. The quantitative estimate of drug-likeness (QED) is 0.650. The van der Waals surface area contributed by atoms with Crippen LogP contribution in [0.2, 0.25) is 0 Å². The summed E-state index contributed by atoms with van der Waals surface area (Å²) >= 11 is 0. The number of hydrogen-bond donors (Lipinski definition) is 0. The third-order valence-corrected chi connectivity index (χ3v) is 1.50. The van der Waals surface area contributed by atoms with Gasteiger partial charge in [-0.15, -0.1) is 0 Å². The normalized spacial score (nSPS) is 9.46. The largest absolute Gasteiger partial charge is 0.494 e.